The summed E-state index contributed by atoms with van der Waals surface area (Å²) in [4.78, 5) is 56.6. The number of thioether (sulfide) groups is 1. The summed E-state index contributed by atoms with van der Waals surface area (Å²) in [7, 11) is 0. The monoisotopic (exact) mass is 628 g/mol. The van der Waals surface area contributed by atoms with Crippen molar-refractivity contribution in [3.05, 3.63) is 106 Å². The number of thiazole rings is 1. The van der Waals surface area contributed by atoms with Gasteiger partial charge in [0.05, 0.1) is 11.3 Å². The first-order valence-corrected chi connectivity index (χ1v) is 15.9. The predicted octanol–water partition coefficient (Wildman–Crippen LogP) is 5.79. The first kappa shape index (κ1) is 29.4. The topological polar surface area (TPSA) is 138 Å². The summed E-state index contributed by atoms with van der Waals surface area (Å²) < 4.78 is 5.63. The summed E-state index contributed by atoms with van der Waals surface area (Å²) in [5.74, 6) is -1.25. The van der Waals surface area contributed by atoms with Crippen LogP contribution in [0, 0.1) is 0 Å². The minimum Gasteiger partial charge on any atom is -0.478 e. The molecule has 3 N–H and O–H groups in total. The zero-order valence-electron chi connectivity index (χ0n) is 23.3. The van der Waals surface area contributed by atoms with E-state index < -0.39 is 29.4 Å². The van der Waals surface area contributed by atoms with E-state index in [1.165, 1.54) is 40.1 Å². The molecule has 3 aromatic carbocycles. The van der Waals surface area contributed by atoms with Crippen molar-refractivity contribution in [3.63, 3.8) is 0 Å². The molecule has 1 saturated heterocycles. The summed E-state index contributed by atoms with van der Waals surface area (Å²) in [6, 6.07) is 22.1. The molecule has 2 aliphatic rings. The third-order valence-electron chi connectivity index (χ3n) is 7.25. The number of anilines is 1. The van der Waals surface area contributed by atoms with Crippen molar-refractivity contribution in [1.29, 1.82) is 0 Å². The van der Waals surface area contributed by atoms with Gasteiger partial charge in [-0.1, -0.05) is 54.6 Å². The maximum atomic E-state index is 13.6. The van der Waals surface area contributed by atoms with Gasteiger partial charge in [-0.05, 0) is 48.2 Å². The zero-order valence-corrected chi connectivity index (χ0v) is 25.0. The molecule has 1 aliphatic carbocycles. The van der Waals surface area contributed by atoms with Crippen LogP contribution in [0.4, 0.5) is 9.93 Å². The minimum absolute atomic E-state index is 0.0384. The van der Waals surface area contributed by atoms with Gasteiger partial charge in [-0.25, -0.2) is 14.6 Å². The van der Waals surface area contributed by atoms with Gasteiger partial charge in [0.2, 0.25) is 5.91 Å². The molecule has 2 heterocycles. The second-order valence-electron chi connectivity index (χ2n) is 10.4. The number of aromatic nitrogens is 1. The Morgan fingerprint density at radius 2 is 1.64 bits per heavy atom. The van der Waals surface area contributed by atoms with Crippen molar-refractivity contribution in [2.24, 2.45) is 0 Å². The van der Waals surface area contributed by atoms with Crippen molar-refractivity contribution in [2.75, 3.05) is 11.1 Å². The molecule has 44 heavy (non-hydrogen) atoms. The Morgan fingerprint density at radius 3 is 2.32 bits per heavy atom. The molecule has 0 spiro atoms. The molecule has 4 aromatic rings. The highest BCUT2D eigenvalue weighted by Gasteiger charge is 2.43. The van der Waals surface area contributed by atoms with Gasteiger partial charge in [0.1, 0.15) is 18.0 Å². The SMILES string of the molecule is O=C(O)c1ccc(C2SC[C@@H](C(=O)Nc3nc(-c4ccc(C(=O)NC5CC5)cc4)cs3)N2C(=O)OCc2ccccc2)cc1. The average molecular weight is 629 g/mol. The quantitative estimate of drug-likeness (QED) is 0.212. The van der Waals surface area contributed by atoms with Crippen molar-refractivity contribution in [3.8, 4) is 11.3 Å². The van der Waals surface area contributed by atoms with E-state index in [9.17, 15) is 24.3 Å². The van der Waals surface area contributed by atoms with Crippen LogP contribution in [-0.4, -0.2) is 56.7 Å². The standard InChI is InChI=1S/C32H28N4O6S2/c37-27(33-24-14-15-24)21-8-6-20(7-9-21)25-17-44-31(34-25)35-28(38)26-18-43-29(22-10-12-23(13-11-22)30(39)40)36(26)32(41)42-16-19-4-2-1-3-5-19/h1-13,17,24,26,29H,14-16,18H2,(H,33,37)(H,39,40)(H,34,35,38)/t26-,29?/m0/s1. The van der Waals surface area contributed by atoms with Gasteiger partial charge < -0.3 is 20.5 Å². The molecule has 12 heteroatoms. The number of carbonyl (C=O) groups excluding carboxylic acids is 3. The lowest BCUT2D eigenvalue weighted by Gasteiger charge is -2.28. The van der Waals surface area contributed by atoms with Crippen molar-refractivity contribution in [1.82, 2.24) is 15.2 Å². The van der Waals surface area contributed by atoms with E-state index in [0.717, 1.165) is 24.0 Å². The summed E-state index contributed by atoms with van der Waals surface area (Å²) in [5, 5.41) is 16.7. The van der Waals surface area contributed by atoms with Crippen LogP contribution in [0.15, 0.2) is 84.2 Å². The Morgan fingerprint density at radius 1 is 0.932 bits per heavy atom. The fourth-order valence-corrected chi connectivity index (χ4v) is 6.86. The number of benzene rings is 3. The highest BCUT2D eigenvalue weighted by atomic mass is 32.2. The fourth-order valence-electron chi connectivity index (χ4n) is 4.71. The number of carboxylic acids is 1. The van der Waals surface area contributed by atoms with Gasteiger partial charge in [-0.15, -0.1) is 23.1 Å². The van der Waals surface area contributed by atoms with E-state index in [0.29, 0.717) is 27.7 Å². The summed E-state index contributed by atoms with van der Waals surface area (Å²) in [6.07, 6.45) is 1.38. The van der Waals surface area contributed by atoms with Crippen molar-refractivity contribution < 1.29 is 29.0 Å². The molecule has 0 bridgehead atoms. The van der Waals surface area contributed by atoms with Gasteiger partial charge in [0.15, 0.2) is 5.13 Å². The lowest BCUT2D eigenvalue weighted by atomic mass is 10.1. The number of hydrogen-bond donors (Lipinski definition) is 3. The van der Waals surface area contributed by atoms with E-state index in [4.69, 9.17) is 4.74 Å². The van der Waals surface area contributed by atoms with Crippen LogP contribution >= 0.6 is 23.1 Å². The van der Waals surface area contributed by atoms with Gasteiger partial charge >= 0.3 is 12.1 Å². The Balaban J connectivity index is 1.16. The van der Waals surface area contributed by atoms with Crippen molar-refractivity contribution in [2.45, 2.75) is 36.9 Å². The summed E-state index contributed by atoms with van der Waals surface area (Å²) in [5.41, 5.74) is 3.64. The average Bonchev–Trinajstić information content (AvgIpc) is 3.54. The number of carboxylic acid groups (broad SMARTS) is 1. The van der Waals surface area contributed by atoms with E-state index in [1.807, 2.05) is 47.8 Å². The van der Waals surface area contributed by atoms with E-state index in [2.05, 4.69) is 15.6 Å². The number of amides is 3. The summed E-state index contributed by atoms with van der Waals surface area (Å²) in [6.45, 7) is 0.0384. The second-order valence-corrected chi connectivity index (χ2v) is 12.4. The van der Waals surface area contributed by atoms with E-state index in [-0.39, 0.29) is 24.1 Å². The molecule has 3 amide bonds. The number of carbonyl (C=O) groups is 4. The maximum Gasteiger partial charge on any atom is 0.412 e. The van der Waals surface area contributed by atoms with Gasteiger partial charge in [0.25, 0.3) is 5.91 Å². The highest BCUT2D eigenvalue weighted by molar-refractivity contribution is 7.99. The van der Waals surface area contributed by atoms with Crippen LogP contribution in [0.1, 0.15) is 50.1 Å². The van der Waals surface area contributed by atoms with Crippen LogP contribution in [-0.2, 0) is 16.1 Å². The maximum absolute atomic E-state index is 13.6. The molecule has 2 atom stereocenters. The molecule has 1 aliphatic heterocycles. The number of rotatable bonds is 9. The first-order valence-electron chi connectivity index (χ1n) is 14.0. The number of aromatic carboxylic acids is 1. The highest BCUT2D eigenvalue weighted by Crippen LogP contribution is 2.42. The zero-order chi connectivity index (χ0) is 30.6. The molecule has 1 aromatic heterocycles. The second kappa shape index (κ2) is 12.9. The molecular weight excluding hydrogens is 601 g/mol. The summed E-state index contributed by atoms with van der Waals surface area (Å²) >= 11 is 2.65. The third-order valence-corrected chi connectivity index (χ3v) is 9.33. The van der Waals surface area contributed by atoms with Crippen LogP contribution in [0.5, 0.6) is 0 Å². The fraction of sp³-hybridized carbons (Fsp3) is 0.219. The van der Waals surface area contributed by atoms with Crippen LogP contribution in [0.25, 0.3) is 11.3 Å². The van der Waals surface area contributed by atoms with E-state index >= 15 is 0 Å². The van der Waals surface area contributed by atoms with Gasteiger partial charge in [-0.3, -0.25) is 14.5 Å². The van der Waals surface area contributed by atoms with Crippen LogP contribution < -0.4 is 10.6 Å². The Hall–Kier alpha value is -4.68. The largest absolute Gasteiger partial charge is 0.478 e. The molecular formula is C32H28N4O6S2. The first-order chi connectivity index (χ1) is 21.4. The predicted molar refractivity (Wildman–Crippen MR) is 168 cm³/mol. The van der Waals surface area contributed by atoms with E-state index in [1.54, 1.807) is 24.3 Å². The lowest BCUT2D eigenvalue weighted by molar-refractivity contribution is -0.120. The number of hydrogen-bond acceptors (Lipinski definition) is 8. The Kier molecular flexibility index (Phi) is 8.62. The van der Waals surface area contributed by atoms with Crippen LogP contribution in [0.3, 0.4) is 0 Å². The molecule has 6 rings (SSSR count). The molecule has 1 unspecified atom stereocenters. The van der Waals surface area contributed by atoms with Crippen molar-refractivity contribution >= 4 is 52.1 Å². The Labute approximate surface area is 261 Å². The number of ether oxygens (including phenoxy) is 1. The Bertz CT molecular complexity index is 1670. The lowest BCUT2D eigenvalue weighted by Crippen LogP contribution is -2.45. The molecule has 2 fully saturated rings. The molecule has 0 radical (unpaired) electrons. The van der Waals surface area contributed by atoms with Crippen LogP contribution in [0.2, 0.25) is 0 Å². The number of nitrogens with zero attached hydrogens (tertiary/aromatic N) is 2. The third kappa shape index (κ3) is 6.76. The molecule has 10 nitrogen and oxygen atoms in total. The van der Waals surface area contributed by atoms with Gasteiger partial charge in [0, 0.05) is 28.3 Å². The van der Waals surface area contributed by atoms with Gasteiger partial charge in [-0.2, -0.15) is 0 Å². The molecule has 1 saturated carbocycles. The smallest absolute Gasteiger partial charge is 0.412 e. The molecule has 224 valence electrons. The minimum atomic E-state index is -1.05. The number of nitrogens with one attached hydrogen (secondary N) is 2. The normalized spacial score (nSPS) is 17.6.